The van der Waals surface area contributed by atoms with E-state index in [9.17, 15) is 8.42 Å². The topological polar surface area (TPSA) is 96.0 Å². The highest BCUT2D eigenvalue weighted by Crippen LogP contribution is 2.18. The molecule has 3 N–H and O–H groups in total. The van der Waals surface area contributed by atoms with Crippen molar-refractivity contribution in [3.63, 3.8) is 0 Å². The zero-order valence-electron chi connectivity index (χ0n) is 10.5. The second-order valence-electron chi connectivity index (χ2n) is 4.22. The number of sulfonamides is 1. The van der Waals surface area contributed by atoms with Gasteiger partial charge >= 0.3 is 0 Å². The number of nitrogens with two attached hydrogens (primary N) is 1. The molecule has 5 nitrogen and oxygen atoms in total. The minimum atomic E-state index is -3.65. The summed E-state index contributed by atoms with van der Waals surface area (Å²) in [6.07, 6.45) is 0.549. The molecule has 0 saturated carbocycles. The Kier molecular flexibility index (Phi) is 4.84. The first kappa shape index (κ1) is 14.6. The summed E-state index contributed by atoms with van der Waals surface area (Å²) < 4.78 is 26.5. The van der Waals surface area contributed by atoms with Crippen LogP contribution in [0.1, 0.15) is 24.5 Å². The van der Waals surface area contributed by atoms with Crippen LogP contribution in [-0.4, -0.2) is 21.0 Å². The zero-order valence-corrected chi connectivity index (χ0v) is 11.3. The lowest BCUT2D eigenvalue weighted by Gasteiger charge is -2.10. The molecule has 0 amide bonds. The van der Waals surface area contributed by atoms with Gasteiger partial charge in [0, 0.05) is 12.6 Å². The first-order chi connectivity index (χ1) is 8.38. The van der Waals surface area contributed by atoms with Crippen molar-refractivity contribution in [3.05, 3.63) is 29.3 Å². The molecule has 0 fully saturated rings. The number of nitrogens with zero attached hydrogens (tertiary/aromatic N) is 1. The second kappa shape index (κ2) is 5.96. The van der Waals surface area contributed by atoms with Gasteiger partial charge in [-0.25, -0.2) is 13.1 Å². The fourth-order valence-corrected chi connectivity index (χ4v) is 2.78. The number of nitriles is 1. The van der Waals surface area contributed by atoms with E-state index in [1.807, 2.05) is 13.0 Å². The average molecular weight is 267 g/mol. The molecule has 1 unspecified atom stereocenters. The maximum Gasteiger partial charge on any atom is 0.241 e. The van der Waals surface area contributed by atoms with Gasteiger partial charge < -0.3 is 5.73 Å². The Hall–Kier alpha value is -1.42. The van der Waals surface area contributed by atoms with Gasteiger partial charge in [-0.15, -0.1) is 0 Å². The van der Waals surface area contributed by atoms with Gasteiger partial charge in [-0.3, -0.25) is 0 Å². The number of benzene rings is 1. The second-order valence-corrected chi connectivity index (χ2v) is 5.96. The third-order valence-electron chi connectivity index (χ3n) is 2.53. The normalized spacial score (nSPS) is 13.0. The fourth-order valence-electron chi connectivity index (χ4n) is 1.51. The number of hydrogen-bond acceptors (Lipinski definition) is 4. The van der Waals surface area contributed by atoms with Gasteiger partial charge in [-0.1, -0.05) is 12.1 Å². The minimum Gasteiger partial charge on any atom is -0.328 e. The van der Waals surface area contributed by atoms with Gasteiger partial charge in [0.25, 0.3) is 0 Å². The Bertz CT molecular complexity index is 559. The van der Waals surface area contributed by atoms with Gasteiger partial charge in [-0.2, -0.15) is 5.26 Å². The summed E-state index contributed by atoms with van der Waals surface area (Å²) in [6.45, 7) is 3.78. The van der Waals surface area contributed by atoms with Crippen LogP contribution in [-0.2, 0) is 10.0 Å². The van der Waals surface area contributed by atoms with E-state index in [-0.39, 0.29) is 23.0 Å². The van der Waals surface area contributed by atoms with Crippen LogP contribution < -0.4 is 10.5 Å². The van der Waals surface area contributed by atoms with Crippen LogP contribution in [0.25, 0.3) is 0 Å². The molecule has 1 rings (SSSR count). The van der Waals surface area contributed by atoms with Crippen LogP contribution in [0.15, 0.2) is 23.1 Å². The summed E-state index contributed by atoms with van der Waals surface area (Å²) in [6, 6.07) is 6.62. The molecule has 0 spiro atoms. The van der Waals surface area contributed by atoms with Crippen molar-refractivity contribution < 1.29 is 8.42 Å². The van der Waals surface area contributed by atoms with Crippen LogP contribution in [0.5, 0.6) is 0 Å². The van der Waals surface area contributed by atoms with Crippen molar-refractivity contribution in [1.29, 1.82) is 5.26 Å². The van der Waals surface area contributed by atoms with Crippen molar-refractivity contribution in [3.8, 4) is 6.07 Å². The fraction of sp³-hybridized carbons (Fsp3) is 0.417. The highest BCUT2D eigenvalue weighted by atomic mass is 32.2. The predicted molar refractivity (Wildman–Crippen MR) is 69.3 cm³/mol. The Labute approximate surface area is 108 Å². The van der Waals surface area contributed by atoms with Crippen LogP contribution in [0, 0.1) is 18.3 Å². The van der Waals surface area contributed by atoms with Crippen molar-refractivity contribution in [2.75, 3.05) is 6.54 Å². The maximum absolute atomic E-state index is 12.0. The van der Waals surface area contributed by atoms with E-state index in [2.05, 4.69) is 4.72 Å². The van der Waals surface area contributed by atoms with Gasteiger partial charge in [0.05, 0.1) is 10.5 Å². The molecule has 0 aliphatic carbocycles. The smallest absolute Gasteiger partial charge is 0.241 e. The van der Waals surface area contributed by atoms with Crippen molar-refractivity contribution in [1.82, 2.24) is 4.72 Å². The van der Waals surface area contributed by atoms with Gasteiger partial charge in [0.15, 0.2) is 0 Å². The van der Waals surface area contributed by atoms with E-state index >= 15 is 0 Å². The van der Waals surface area contributed by atoms with E-state index in [1.165, 1.54) is 6.07 Å². The molecule has 0 radical (unpaired) electrons. The molecule has 0 aliphatic heterocycles. The lowest BCUT2D eigenvalue weighted by Crippen LogP contribution is -2.29. The van der Waals surface area contributed by atoms with E-state index in [0.717, 1.165) is 0 Å². The summed E-state index contributed by atoms with van der Waals surface area (Å²) in [7, 11) is -3.65. The summed E-state index contributed by atoms with van der Waals surface area (Å²) in [5.74, 6) is 0. The SMILES string of the molecule is Cc1cccc(S(=O)(=O)NCCC(C)N)c1C#N. The first-order valence-corrected chi connectivity index (χ1v) is 7.11. The monoisotopic (exact) mass is 267 g/mol. The van der Waals surface area contributed by atoms with Gasteiger partial charge in [0.1, 0.15) is 6.07 Å². The Morgan fingerprint density at radius 3 is 2.72 bits per heavy atom. The Balaban J connectivity index is 3.00. The minimum absolute atomic E-state index is 0.0228. The molecular weight excluding hydrogens is 250 g/mol. The number of rotatable bonds is 5. The molecule has 1 aromatic rings. The molecule has 98 valence electrons. The Morgan fingerprint density at radius 2 is 2.17 bits per heavy atom. The molecule has 0 saturated heterocycles. The summed E-state index contributed by atoms with van der Waals surface area (Å²) in [5, 5.41) is 9.01. The molecule has 1 atom stereocenters. The first-order valence-electron chi connectivity index (χ1n) is 5.63. The molecule has 6 heteroatoms. The van der Waals surface area contributed by atoms with Gasteiger partial charge in [0.2, 0.25) is 10.0 Å². The third kappa shape index (κ3) is 3.53. The summed E-state index contributed by atoms with van der Waals surface area (Å²) in [5.41, 5.74) is 6.39. The third-order valence-corrected chi connectivity index (χ3v) is 4.03. The largest absolute Gasteiger partial charge is 0.328 e. The highest BCUT2D eigenvalue weighted by Gasteiger charge is 2.19. The van der Waals surface area contributed by atoms with Gasteiger partial charge in [-0.05, 0) is 31.9 Å². The molecule has 18 heavy (non-hydrogen) atoms. The molecule has 0 bridgehead atoms. The quantitative estimate of drug-likeness (QED) is 0.827. The predicted octanol–water partition coefficient (Wildman–Crippen LogP) is 0.882. The number of hydrogen-bond donors (Lipinski definition) is 2. The standard InChI is InChI=1S/C12H17N3O2S/c1-9-4-3-5-12(11(9)8-13)18(16,17)15-7-6-10(2)14/h3-5,10,15H,6-7,14H2,1-2H3. The Morgan fingerprint density at radius 1 is 1.50 bits per heavy atom. The molecule has 0 heterocycles. The van der Waals surface area contributed by atoms with Crippen molar-refractivity contribution in [2.45, 2.75) is 31.2 Å². The highest BCUT2D eigenvalue weighted by molar-refractivity contribution is 7.89. The maximum atomic E-state index is 12.0. The zero-order chi connectivity index (χ0) is 13.8. The number of nitrogens with one attached hydrogen (secondary N) is 1. The van der Waals surface area contributed by atoms with Crippen molar-refractivity contribution >= 4 is 10.0 Å². The average Bonchev–Trinajstić information content (AvgIpc) is 2.27. The molecule has 0 aliphatic rings. The van der Waals surface area contributed by atoms with E-state index in [4.69, 9.17) is 11.0 Å². The van der Waals surface area contributed by atoms with Crippen LogP contribution >= 0.6 is 0 Å². The van der Waals surface area contributed by atoms with Crippen LogP contribution in [0.3, 0.4) is 0 Å². The lowest BCUT2D eigenvalue weighted by molar-refractivity contribution is 0.571. The van der Waals surface area contributed by atoms with E-state index in [0.29, 0.717) is 12.0 Å². The molecule has 1 aromatic carbocycles. The summed E-state index contributed by atoms with van der Waals surface area (Å²) in [4.78, 5) is 0.0228. The van der Waals surface area contributed by atoms with E-state index < -0.39 is 10.0 Å². The summed E-state index contributed by atoms with van der Waals surface area (Å²) >= 11 is 0. The number of aryl methyl sites for hydroxylation is 1. The molecular formula is C12H17N3O2S. The van der Waals surface area contributed by atoms with Crippen LogP contribution in [0.4, 0.5) is 0 Å². The molecule has 0 aromatic heterocycles. The van der Waals surface area contributed by atoms with Crippen LogP contribution in [0.2, 0.25) is 0 Å². The van der Waals surface area contributed by atoms with E-state index in [1.54, 1.807) is 19.1 Å². The lowest BCUT2D eigenvalue weighted by atomic mass is 10.1. The van der Waals surface area contributed by atoms with Crippen molar-refractivity contribution in [2.24, 2.45) is 5.73 Å².